The number of hydrogen-bond acceptors (Lipinski definition) is 6. The van der Waals surface area contributed by atoms with Gasteiger partial charge in [-0.1, -0.05) is 17.8 Å². The quantitative estimate of drug-likeness (QED) is 0.449. The Kier molecular flexibility index (Phi) is 3.91. The summed E-state index contributed by atoms with van der Waals surface area (Å²) in [5.41, 5.74) is 3.15. The third-order valence-corrected chi connectivity index (χ3v) is 5.20. The molecule has 0 fully saturated rings. The van der Waals surface area contributed by atoms with E-state index in [0.29, 0.717) is 16.6 Å². The smallest absolute Gasteiger partial charge is 0.251 e. The Labute approximate surface area is 145 Å². The van der Waals surface area contributed by atoms with Gasteiger partial charge in [-0.2, -0.15) is 5.10 Å². The van der Waals surface area contributed by atoms with Crippen molar-refractivity contribution in [3.63, 3.8) is 0 Å². The average Bonchev–Trinajstić information content (AvgIpc) is 3.21. The summed E-state index contributed by atoms with van der Waals surface area (Å²) in [6, 6.07) is 9.35. The number of thioether (sulfide) groups is 1. The summed E-state index contributed by atoms with van der Waals surface area (Å²) in [4.78, 5) is 24.6. The van der Waals surface area contributed by atoms with Crippen molar-refractivity contribution in [2.45, 2.75) is 17.8 Å². The molecule has 0 unspecified atom stereocenters. The number of rotatable bonds is 4. The molecule has 0 radical (unpaired) electrons. The van der Waals surface area contributed by atoms with Crippen LogP contribution in [0, 0.1) is 6.92 Å². The van der Waals surface area contributed by atoms with E-state index in [2.05, 4.69) is 20.1 Å². The standard InChI is InChI=1S/C16H13N5OS2/c1-10-7-14-19-15(22)8-11(21(14)20-10)9-24-16-17-5-4-12(18-16)13-3-2-6-23-13/h2-8H,9H2,1H3,(H,19,22). The first-order valence-electron chi connectivity index (χ1n) is 7.27. The molecule has 0 aliphatic heterocycles. The zero-order valence-electron chi connectivity index (χ0n) is 12.8. The van der Waals surface area contributed by atoms with Gasteiger partial charge < -0.3 is 4.98 Å². The molecular weight excluding hydrogens is 342 g/mol. The molecule has 0 amide bonds. The Morgan fingerprint density at radius 2 is 2.25 bits per heavy atom. The van der Waals surface area contributed by atoms with Crippen LogP contribution in [-0.2, 0) is 5.75 Å². The van der Waals surface area contributed by atoms with E-state index in [9.17, 15) is 4.79 Å². The predicted octanol–water partition coefficient (Wildman–Crippen LogP) is 3.14. The molecule has 0 aromatic carbocycles. The van der Waals surface area contributed by atoms with Gasteiger partial charge >= 0.3 is 0 Å². The van der Waals surface area contributed by atoms with E-state index < -0.39 is 0 Å². The van der Waals surface area contributed by atoms with E-state index in [1.54, 1.807) is 28.1 Å². The Morgan fingerprint density at radius 3 is 3.08 bits per heavy atom. The van der Waals surface area contributed by atoms with Crippen molar-refractivity contribution in [2.75, 3.05) is 0 Å². The maximum Gasteiger partial charge on any atom is 0.251 e. The molecule has 24 heavy (non-hydrogen) atoms. The summed E-state index contributed by atoms with van der Waals surface area (Å²) in [5.74, 6) is 0.565. The van der Waals surface area contributed by atoms with Crippen LogP contribution in [0.25, 0.3) is 16.2 Å². The molecular formula is C16H13N5OS2. The Morgan fingerprint density at radius 1 is 1.33 bits per heavy atom. The lowest BCUT2D eigenvalue weighted by atomic mass is 10.3. The summed E-state index contributed by atoms with van der Waals surface area (Å²) in [6.07, 6.45) is 1.76. The summed E-state index contributed by atoms with van der Waals surface area (Å²) in [5, 5.41) is 7.12. The molecule has 4 rings (SSSR count). The molecule has 0 aliphatic carbocycles. The van der Waals surface area contributed by atoms with E-state index in [1.165, 1.54) is 11.8 Å². The highest BCUT2D eigenvalue weighted by Crippen LogP contribution is 2.25. The van der Waals surface area contributed by atoms with Gasteiger partial charge in [0, 0.05) is 24.1 Å². The predicted molar refractivity (Wildman–Crippen MR) is 95.5 cm³/mol. The molecule has 120 valence electrons. The third kappa shape index (κ3) is 2.98. The first-order chi connectivity index (χ1) is 11.7. The second-order valence-electron chi connectivity index (χ2n) is 5.20. The minimum absolute atomic E-state index is 0.133. The first-order valence-corrected chi connectivity index (χ1v) is 9.14. The minimum atomic E-state index is -0.133. The number of aromatic amines is 1. The highest BCUT2D eigenvalue weighted by Gasteiger charge is 2.09. The number of aryl methyl sites for hydroxylation is 1. The molecule has 0 bridgehead atoms. The summed E-state index contributed by atoms with van der Waals surface area (Å²) in [7, 11) is 0. The molecule has 8 heteroatoms. The Hall–Kier alpha value is -2.45. The number of aromatic nitrogens is 5. The number of fused-ring (bicyclic) bond motifs is 1. The zero-order valence-corrected chi connectivity index (χ0v) is 14.4. The van der Waals surface area contributed by atoms with Crippen molar-refractivity contribution in [3.05, 3.63) is 63.7 Å². The van der Waals surface area contributed by atoms with Crippen molar-refractivity contribution in [3.8, 4) is 10.6 Å². The fraction of sp³-hybridized carbons (Fsp3) is 0.125. The van der Waals surface area contributed by atoms with Gasteiger partial charge in [-0.3, -0.25) is 4.79 Å². The highest BCUT2D eigenvalue weighted by atomic mass is 32.2. The summed E-state index contributed by atoms with van der Waals surface area (Å²) in [6.45, 7) is 1.90. The third-order valence-electron chi connectivity index (χ3n) is 3.41. The molecule has 0 aliphatic rings. The highest BCUT2D eigenvalue weighted by molar-refractivity contribution is 7.98. The second-order valence-corrected chi connectivity index (χ2v) is 7.09. The van der Waals surface area contributed by atoms with Gasteiger partial charge in [-0.05, 0) is 24.4 Å². The fourth-order valence-electron chi connectivity index (χ4n) is 2.40. The van der Waals surface area contributed by atoms with Gasteiger partial charge in [-0.25, -0.2) is 14.5 Å². The molecule has 0 saturated carbocycles. The summed E-state index contributed by atoms with van der Waals surface area (Å²) < 4.78 is 1.76. The van der Waals surface area contributed by atoms with Gasteiger partial charge in [0.25, 0.3) is 5.56 Å². The van der Waals surface area contributed by atoms with Gasteiger partial charge in [0.2, 0.25) is 0 Å². The van der Waals surface area contributed by atoms with Crippen molar-refractivity contribution in [1.29, 1.82) is 0 Å². The van der Waals surface area contributed by atoms with Gasteiger partial charge in [0.1, 0.15) is 5.65 Å². The molecule has 6 nitrogen and oxygen atoms in total. The number of nitrogens with zero attached hydrogens (tertiary/aromatic N) is 4. The van der Waals surface area contributed by atoms with Gasteiger partial charge in [-0.15, -0.1) is 11.3 Å². The van der Waals surface area contributed by atoms with Crippen LogP contribution in [0.15, 0.2) is 51.9 Å². The van der Waals surface area contributed by atoms with Crippen LogP contribution < -0.4 is 5.56 Å². The van der Waals surface area contributed by atoms with Crippen molar-refractivity contribution in [2.24, 2.45) is 0 Å². The molecule has 0 atom stereocenters. The van der Waals surface area contributed by atoms with Crippen LogP contribution >= 0.6 is 23.1 Å². The zero-order chi connectivity index (χ0) is 16.5. The Bertz CT molecular complexity index is 1050. The SMILES string of the molecule is Cc1cc2[nH]c(=O)cc(CSc3nccc(-c4cccs4)n3)n2n1. The van der Waals surface area contributed by atoms with E-state index in [4.69, 9.17) is 0 Å². The van der Waals surface area contributed by atoms with E-state index in [1.807, 2.05) is 36.6 Å². The minimum Gasteiger partial charge on any atom is -0.307 e. The first kappa shape index (κ1) is 15.1. The number of H-pyrrole nitrogens is 1. The number of thiophene rings is 1. The van der Waals surface area contributed by atoms with E-state index >= 15 is 0 Å². The average molecular weight is 355 g/mol. The maximum absolute atomic E-state index is 11.8. The number of nitrogens with one attached hydrogen (secondary N) is 1. The van der Waals surface area contributed by atoms with E-state index in [-0.39, 0.29) is 5.56 Å². The molecule has 4 aromatic rings. The molecule has 0 spiro atoms. The van der Waals surface area contributed by atoms with Gasteiger partial charge in [0.05, 0.1) is 22.0 Å². The van der Waals surface area contributed by atoms with E-state index in [0.717, 1.165) is 22.0 Å². The lowest BCUT2D eigenvalue weighted by Gasteiger charge is -2.04. The van der Waals surface area contributed by atoms with Crippen LogP contribution in [0.2, 0.25) is 0 Å². The van der Waals surface area contributed by atoms with Crippen LogP contribution in [0.5, 0.6) is 0 Å². The molecule has 0 saturated heterocycles. The maximum atomic E-state index is 11.8. The topological polar surface area (TPSA) is 75.9 Å². The normalized spacial score (nSPS) is 11.2. The van der Waals surface area contributed by atoms with Crippen LogP contribution in [0.3, 0.4) is 0 Å². The molecule has 1 N–H and O–H groups in total. The lowest BCUT2D eigenvalue weighted by molar-refractivity contribution is 0.862. The van der Waals surface area contributed by atoms with Gasteiger partial charge in [0.15, 0.2) is 5.16 Å². The van der Waals surface area contributed by atoms with Crippen LogP contribution in [-0.4, -0.2) is 24.6 Å². The largest absolute Gasteiger partial charge is 0.307 e. The number of hydrogen-bond donors (Lipinski definition) is 1. The lowest BCUT2D eigenvalue weighted by Crippen LogP contribution is -2.11. The molecule has 4 heterocycles. The van der Waals surface area contributed by atoms with Crippen molar-refractivity contribution in [1.82, 2.24) is 24.6 Å². The Balaban J connectivity index is 1.62. The molecule has 4 aromatic heterocycles. The second kappa shape index (κ2) is 6.21. The van der Waals surface area contributed by atoms with Crippen molar-refractivity contribution < 1.29 is 0 Å². The fourth-order valence-corrected chi connectivity index (χ4v) is 3.87. The summed E-state index contributed by atoms with van der Waals surface area (Å²) >= 11 is 3.13. The van der Waals surface area contributed by atoms with Crippen molar-refractivity contribution >= 4 is 28.7 Å². The van der Waals surface area contributed by atoms with Crippen LogP contribution in [0.4, 0.5) is 0 Å². The monoisotopic (exact) mass is 355 g/mol. The van der Waals surface area contributed by atoms with Crippen LogP contribution in [0.1, 0.15) is 11.4 Å².